The van der Waals surface area contributed by atoms with Crippen LogP contribution in [0.5, 0.6) is 0 Å². The third-order valence-corrected chi connectivity index (χ3v) is 1.94. The molecule has 3 heteroatoms. The first-order valence-electron chi connectivity index (χ1n) is 2.49. The number of thiophene rings is 1. The van der Waals surface area contributed by atoms with Crippen molar-refractivity contribution in [2.75, 3.05) is 0 Å². The van der Waals surface area contributed by atoms with Crippen LogP contribution in [0.4, 0.5) is 0 Å². The molecule has 0 aliphatic heterocycles. The van der Waals surface area contributed by atoms with E-state index in [0.29, 0.717) is 0 Å². The maximum Gasteiger partial charge on any atom is 0.315 e. The molecule has 0 spiro atoms. The highest BCUT2D eigenvalue weighted by molar-refractivity contribution is 7.20. The summed E-state index contributed by atoms with van der Waals surface area (Å²) in [5, 5.41) is 8.56. The quantitative estimate of drug-likeness (QED) is 0.526. The predicted molar refractivity (Wildman–Crippen MR) is 38.1 cm³/mol. The summed E-state index contributed by atoms with van der Waals surface area (Å²) >= 11 is 1.64. The summed E-state index contributed by atoms with van der Waals surface area (Å²) in [6.45, 7) is 2.03. The minimum atomic E-state index is 0.179. The van der Waals surface area contributed by atoms with Crippen molar-refractivity contribution in [2.45, 2.75) is 6.92 Å². The molecule has 0 bridgehead atoms. The highest BCUT2D eigenvalue weighted by atomic mass is 32.1. The second-order valence-electron chi connectivity index (χ2n) is 1.67. The monoisotopic (exact) mass is 126 g/mol. The highest BCUT2D eigenvalue weighted by Crippen LogP contribution is 2.01. The molecule has 0 saturated heterocycles. The molecule has 0 saturated carbocycles. The number of aryl methyl sites for hydroxylation is 1. The van der Waals surface area contributed by atoms with Crippen molar-refractivity contribution in [3.63, 3.8) is 0 Å². The topological polar surface area (TPSA) is 20.2 Å². The van der Waals surface area contributed by atoms with Crippen LogP contribution in [0.25, 0.3) is 0 Å². The third-order valence-electron chi connectivity index (χ3n) is 0.952. The minimum absolute atomic E-state index is 0.179. The molecule has 0 atom stereocenters. The molecule has 0 fully saturated rings. The first-order chi connectivity index (χ1) is 3.83. The number of hydrogen-bond acceptors (Lipinski definition) is 2. The summed E-state index contributed by atoms with van der Waals surface area (Å²) in [4.78, 5) is 1.26. The maximum absolute atomic E-state index is 8.56. The molecule has 1 heterocycles. The molecule has 0 radical (unpaired) electrons. The summed E-state index contributed by atoms with van der Waals surface area (Å²) in [6, 6.07) is 3.95. The van der Waals surface area contributed by atoms with E-state index in [1.165, 1.54) is 4.88 Å². The van der Waals surface area contributed by atoms with Crippen molar-refractivity contribution in [1.82, 2.24) is 0 Å². The minimum Gasteiger partial charge on any atom is -0.449 e. The van der Waals surface area contributed by atoms with Gasteiger partial charge in [-0.1, -0.05) is 6.07 Å². The van der Waals surface area contributed by atoms with Gasteiger partial charge in [-0.3, -0.25) is 0 Å². The van der Waals surface area contributed by atoms with Crippen LogP contribution in [0.1, 0.15) is 4.88 Å². The lowest BCUT2D eigenvalue weighted by molar-refractivity contribution is 0.616. The standard InChI is InChI=1S/C5H7BOS/c1-4-2-3-5(6-7)8-4/h2-3,6-7H,1H3. The second-order valence-corrected chi connectivity index (χ2v) is 3.04. The van der Waals surface area contributed by atoms with Crippen molar-refractivity contribution >= 4 is 23.6 Å². The van der Waals surface area contributed by atoms with E-state index in [9.17, 15) is 0 Å². The van der Waals surface area contributed by atoms with Crippen LogP contribution in [-0.4, -0.2) is 12.5 Å². The van der Waals surface area contributed by atoms with Crippen LogP contribution >= 0.6 is 11.3 Å². The van der Waals surface area contributed by atoms with Gasteiger partial charge in [0.05, 0.1) is 0 Å². The first kappa shape index (κ1) is 5.85. The lowest BCUT2D eigenvalue weighted by Crippen LogP contribution is -2.06. The van der Waals surface area contributed by atoms with Crippen molar-refractivity contribution in [1.29, 1.82) is 0 Å². The average Bonchev–Trinajstić information content (AvgIpc) is 2.14. The highest BCUT2D eigenvalue weighted by Gasteiger charge is 1.93. The summed E-state index contributed by atoms with van der Waals surface area (Å²) < 4.78 is 1.04. The van der Waals surface area contributed by atoms with Gasteiger partial charge in [-0.05, 0) is 13.0 Å². The van der Waals surface area contributed by atoms with Crippen molar-refractivity contribution in [3.05, 3.63) is 17.0 Å². The Labute approximate surface area is 53.3 Å². The third kappa shape index (κ3) is 1.11. The largest absolute Gasteiger partial charge is 0.449 e. The molecule has 1 aromatic rings. The van der Waals surface area contributed by atoms with Gasteiger partial charge < -0.3 is 5.02 Å². The Morgan fingerprint density at radius 1 is 1.62 bits per heavy atom. The molecule has 0 unspecified atom stereocenters. The van der Waals surface area contributed by atoms with Crippen LogP contribution in [0, 0.1) is 6.92 Å². The Bertz CT molecular complexity index is 173. The van der Waals surface area contributed by atoms with Gasteiger partial charge in [0.25, 0.3) is 0 Å². The van der Waals surface area contributed by atoms with Crippen LogP contribution in [0.15, 0.2) is 12.1 Å². The van der Waals surface area contributed by atoms with E-state index in [2.05, 4.69) is 0 Å². The van der Waals surface area contributed by atoms with E-state index in [-0.39, 0.29) is 7.48 Å². The summed E-state index contributed by atoms with van der Waals surface area (Å²) in [5.74, 6) is 0. The molecular weight excluding hydrogens is 119 g/mol. The van der Waals surface area contributed by atoms with E-state index in [1.54, 1.807) is 11.3 Å². The zero-order chi connectivity index (χ0) is 5.98. The Morgan fingerprint density at radius 3 is 2.62 bits per heavy atom. The van der Waals surface area contributed by atoms with Crippen LogP contribution < -0.4 is 4.78 Å². The Balaban J connectivity index is 2.84. The molecule has 1 N–H and O–H groups in total. The van der Waals surface area contributed by atoms with Gasteiger partial charge in [0.15, 0.2) is 0 Å². The normalized spacial score (nSPS) is 9.25. The number of rotatable bonds is 1. The van der Waals surface area contributed by atoms with Crippen molar-refractivity contribution < 1.29 is 5.02 Å². The van der Waals surface area contributed by atoms with Gasteiger partial charge in [0.2, 0.25) is 0 Å². The lowest BCUT2D eigenvalue weighted by Gasteiger charge is -1.77. The second kappa shape index (κ2) is 2.33. The van der Waals surface area contributed by atoms with E-state index in [4.69, 9.17) is 5.02 Å². The lowest BCUT2D eigenvalue weighted by atomic mass is 10.0. The van der Waals surface area contributed by atoms with Crippen molar-refractivity contribution in [2.24, 2.45) is 0 Å². The van der Waals surface area contributed by atoms with Gasteiger partial charge >= 0.3 is 7.48 Å². The molecule has 1 nitrogen and oxygen atoms in total. The first-order valence-corrected chi connectivity index (χ1v) is 3.31. The summed E-state index contributed by atoms with van der Waals surface area (Å²) in [5.41, 5.74) is 0. The average molecular weight is 126 g/mol. The van der Waals surface area contributed by atoms with Crippen molar-refractivity contribution in [3.8, 4) is 0 Å². The zero-order valence-electron chi connectivity index (χ0n) is 4.72. The zero-order valence-corrected chi connectivity index (χ0v) is 5.53. The van der Waals surface area contributed by atoms with Crippen LogP contribution in [-0.2, 0) is 0 Å². The van der Waals surface area contributed by atoms with E-state index in [0.717, 1.165) is 4.78 Å². The van der Waals surface area contributed by atoms with Crippen LogP contribution in [0.3, 0.4) is 0 Å². The smallest absolute Gasteiger partial charge is 0.315 e. The molecule has 1 rings (SSSR count). The number of hydrogen-bond donors (Lipinski definition) is 1. The van der Waals surface area contributed by atoms with E-state index in [1.807, 2.05) is 19.1 Å². The Kier molecular flexibility index (Phi) is 1.71. The molecular formula is C5H7BOS. The molecule has 0 aliphatic carbocycles. The molecule has 1 aromatic heterocycles. The fourth-order valence-electron chi connectivity index (χ4n) is 0.570. The molecule has 8 heavy (non-hydrogen) atoms. The summed E-state index contributed by atoms with van der Waals surface area (Å²) in [7, 11) is 0.179. The molecule has 42 valence electrons. The SMILES string of the molecule is Cc1ccc(BO)s1. The molecule has 0 aliphatic rings. The maximum atomic E-state index is 8.56. The summed E-state index contributed by atoms with van der Waals surface area (Å²) in [6.07, 6.45) is 0. The van der Waals surface area contributed by atoms with Gasteiger partial charge in [-0.2, -0.15) is 11.3 Å². The predicted octanol–water partition coefficient (Wildman–Crippen LogP) is 0.0256. The van der Waals surface area contributed by atoms with Gasteiger partial charge in [0, 0.05) is 9.65 Å². The fourth-order valence-corrected chi connectivity index (χ4v) is 1.32. The van der Waals surface area contributed by atoms with E-state index < -0.39 is 0 Å². The molecule has 0 aromatic carbocycles. The van der Waals surface area contributed by atoms with Gasteiger partial charge in [0.1, 0.15) is 0 Å². The van der Waals surface area contributed by atoms with E-state index >= 15 is 0 Å². The molecule has 0 amide bonds. The van der Waals surface area contributed by atoms with Crippen LogP contribution in [0.2, 0.25) is 0 Å². The Hall–Kier alpha value is -0.275. The fraction of sp³-hybridized carbons (Fsp3) is 0.200. The van der Waals surface area contributed by atoms with Gasteiger partial charge in [-0.25, -0.2) is 0 Å². The van der Waals surface area contributed by atoms with Gasteiger partial charge in [-0.15, -0.1) is 0 Å². The Morgan fingerprint density at radius 2 is 2.38 bits per heavy atom.